The summed E-state index contributed by atoms with van der Waals surface area (Å²) < 4.78 is 76.3. The van der Waals surface area contributed by atoms with Gasteiger partial charge < -0.3 is 0 Å². The van der Waals surface area contributed by atoms with Gasteiger partial charge >= 0.3 is 12.4 Å². The molecular weight excluding hydrogens is 326 g/mol. The Labute approximate surface area is 108 Å². The molecule has 0 heterocycles. The average molecular weight is 335 g/mol. The van der Waals surface area contributed by atoms with Crippen molar-refractivity contribution in [2.75, 3.05) is 0 Å². The maximum Gasteiger partial charge on any atom is 0.417 e. The first-order valence-electron chi connectivity index (χ1n) is 4.98. The molecule has 0 aliphatic carbocycles. The van der Waals surface area contributed by atoms with E-state index in [1.165, 1.54) is 0 Å². The first kappa shape index (κ1) is 15.3. The first-order chi connectivity index (χ1) is 8.12. The van der Waals surface area contributed by atoms with Gasteiger partial charge in [-0.2, -0.15) is 26.3 Å². The number of rotatable bonds is 2. The van der Waals surface area contributed by atoms with Crippen LogP contribution >= 0.6 is 15.9 Å². The highest BCUT2D eigenvalue weighted by Crippen LogP contribution is 2.43. The molecule has 0 fully saturated rings. The van der Waals surface area contributed by atoms with Crippen LogP contribution in [0, 0.1) is 0 Å². The Bertz CT molecular complexity index is 432. The summed E-state index contributed by atoms with van der Waals surface area (Å²) in [6.07, 6.45) is -9.81. The van der Waals surface area contributed by atoms with Crippen molar-refractivity contribution >= 4 is 15.9 Å². The highest BCUT2D eigenvalue weighted by molar-refractivity contribution is 9.08. The zero-order valence-corrected chi connectivity index (χ0v) is 10.8. The molecular formula is C11H9BrF6. The van der Waals surface area contributed by atoms with Gasteiger partial charge in [-0.05, 0) is 23.6 Å². The van der Waals surface area contributed by atoms with Crippen molar-refractivity contribution in [2.24, 2.45) is 0 Å². The van der Waals surface area contributed by atoms with Crippen molar-refractivity contribution in [2.45, 2.75) is 31.0 Å². The standard InChI is InChI=1S/C11H9BrF6/c1-2-6-3-4-8(10(13,14)15)9(7(6)5-12)11(16,17)18/h3-4H,2,5H2,1H3. The lowest BCUT2D eigenvalue weighted by atomic mass is 9.95. The van der Waals surface area contributed by atoms with E-state index in [0.29, 0.717) is 6.07 Å². The van der Waals surface area contributed by atoms with Gasteiger partial charge in [-0.25, -0.2) is 0 Å². The summed E-state index contributed by atoms with van der Waals surface area (Å²) in [5, 5.41) is -0.269. The molecule has 0 saturated carbocycles. The average Bonchev–Trinajstić information content (AvgIpc) is 2.24. The van der Waals surface area contributed by atoms with E-state index in [2.05, 4.69) is 15.9 Å². The van der Waals surface area contributed by atoms with Crippen LogP contribution in [0.1, 0.15) is 29.2 Å². The van der Waals surface area contributed by atoms with E-state index in [4.69, 9.17) is 0 Å². The van der Waals surface area contributed by atoms with Crippen LogP contribution in [0.15, 0.2) is 12.1 Å². The van der Waals surface area contributed by atoms with E-state index in [0.717, 1.165) is 6.07 Å². The van der Waals surface area contributed by atoms with E-state index in [1.54, 1.807) is 6.92 Å². The Morgan fingerprint density at radius 2 is 1.56 bits per heavy atom. The summed E-state index contributed by atoms with van der Waals surface area (Å²) >= 11 is 2.83. The van der Waals surface area contributed by atoms with E-state index >= 15 is 0 Å². The van der Waals surface area contributed by atoms with Gasteiger partial charge in [-0.3, -0.25) is 0 Å². The lowest BCUT2D eigenvalue weighted by Crippen LogP contribution is -2.19. The van der Waals surface area contributed by atoms with Crippen LogP contribution in [0.25, 0.3) is 0 Å². The minimum atomic E-state index is -5.03. The summed E-state index contributed by atoms with van der Waals surface area (Å²) in [6, 6.07) is 1.59. The molecule has 0 aliphatic heterocycles. The molecule has 0 N–H and O–H groups in total. The Kier molecular flexibility index (Phi) is 4.35. The molecule has 0 aliphatic rings. The van der Waals surface area contributed by atoms with Crippen molar-refractivity contribution < 1.29 is 26.3 Å². The van der Waals surface area contributed by atoms with Crippen molar-refractivity contribution in [1.82, 2.24) is 0 Å². The summed E-state index contributed by atoms with van der Waals surface area (Å²) in [5.74, 6) is 0. The molecule has 0 bridgehead atoms. The normalized spacial score (nSPS) is 12.9. The highest BCUT2D eigenvalue weighted by Gasteiger charge is 2.44. The van der Waals surface area contributed by atoms with Gasteiger partial charge in [0.15, 0.2) is 0 Å². The van der Waals surface area contributed by atoms with Gasteiger partial charge in [-0.15, -0.1) is 0 Å². The summed E-state index contributed by atoms with van der Waals surface area (Å²) in [6.45, 7) is 1.59. The minimum absolute atomic E-state index is 0.238. The van der Waals surface area contributed by atoms with Gasteiger partial charge in [0.25, 0.3) is 0 Å². The van der Waals surface area contributed by atoms with Gasteiger partial charge in [0, 0.05) is 5.33 Å². The Morgan fingerprint density at radius 3 is 1.89 bits per heavy atom. The summed E-state index contributed by atoms with van der Waals surface area (Å²) in [5.41, 5.74) is -3.32. The van der Waals surface area contributed by atoms with Crippen LogP contribution in [-0.4, -0.2) is 0 Å². The molecule has 0 aromatic heterocycles. The SMILES string of the molecule is CCc1ccc(C(F)(F)F)c(C(F)(F)F)c1CBr. The number of aryl methyl sites for hydroxylation is 1. The molecule has 18 heavy (non-hydrogen) atoms. The fraction of sp³-hybridized carbons (Fsp3) is 0.455. The van der Waals surface area contributed by atoms with E-state index in [-0.39, 0.29) is 22.9 Å². The lowest BCUT2D eigenvalue weighted by molar-refractivity contribution is -0.162. The van der Waals surface area contributed by atoms with Gasteiger partial charge in [0.1, 0.15) is 0 Å². The van der Waals surface area contributed by atoms with Gasteiger partial charge in [-0.1, -0.05) is 28.9 Å². The smallest absolute Gasteiger partial charge is 0.166 e. The molecule has 7 heteroatoms. The Morgan fingerprint density at radius 1 is 1.00 bits per heavy atom. The number of hydrogen-bond acceptors (Lipinski definition) is 0. The fourth-order valence-corrected chi connectivity index (χ4v) is 2.38. The largest absolute Gasteiger partial charge is 0.417 e. The number of benzene rings is 1. The van der Waals surface area contributed by atoms with Crippen LogP contribution in [0.3, 0.4) is 0 Å². The second-order valence-electron chi connectivity index (χ2n) is 3.61. The van der Waals surface area contributed by atoms with E-state index in [1.807, 2.05) is 0 Å². The molecule has 1 aromatic rings. The van der Waals surface area contributed by atoms with Crippen LogP contribution in [0.5, 0.6) is 0 Å². The highest BCUT2D eigenvalue weighted by atomic mass is 79.9. The maximum absolute atomic E-state index is 12.8. The van der Waals surface area contributed by atoms with Gasteiger partial charge in [0.05, 0.1) is 11.1 Å². The zero-order valence-electron chi connectivity index (χ0n) is 9.21. The van der Waals surface area contributed by atoms with Crippen LogP contribution in [0.4, 0.5) is 26.3 Å². The molecule has 1 rings (SSSR count). The third-order valence-corrected chi connectivity index (χ3v) is 3.07. The third kappa shape index (κ3) is 2.99. The van der Waals surface area contributed by atoms with Crippen molar-refractivity contribution in [3.05, 3.63) is 34.4 Å². The number of alkyl halides is 7. The van der Waals surface area contributed by atoms with Crippen LogP contribution in [0.2, 0.25) is 0 Å². The number of hydrogen-bond donors (Lipinski definition) is 0. The molecule has 0 saturated heterocycles. The summed E-state index contributed by atoms with van der Waals surface area (Å²) in [7, 11) is 0. The van der Waals surface area contributed by atoms with Gasteiger partial charge in [0.2, 0.25) is 0 Å². The molecule has 0 unspecified atom stereocenters. The predicted molar refractivity (Wildman–Crippen MR) is 58.5 cm³/mol. The molecule has 0 atom stereocenters. The van der Waals surface area contributed by atoms with Crippen molar-refractivity contribution in [1.29, 1.82) is 0 Å². The van der Waals surface area contributed by atoms with Crippen molar-refractivity contribution in [3.63, 3.8) is 0 Å². The molecule has 0 spiro atoms. The predicted octanol–water partition coefficient (Wildman–Crippen LogP) is 5.18. The lowest BCUT2D eigenvalue weighted by Gasteiger charge is -2.20. The summed E-state index contributed by atoms with van der Waals surface area (Å²) in [4.78, 5) is 0. The topological polar surface area (TPSA) is 0 Å². The second kappa shape index (κ2) is 5.11. The molecule has 0 radical (unpaired) electrons. The minimum Gasteiger partial charge on any atom is -0.166 e. The molecule has 1 aromatic carbocycles. The van der Waals surface area contributed by atoms with E-state index in [9.17, 15) is 26.3 Å². The third-order valence-electron chi connectivity index (χ3n) is 2.51. The van der Waals surface area contributed by atoms with E-state index < -0.39 is 23.5 Å². The molecule has 0 nitrogen and oxygen atoms in total. The molecule has 0 amide bonds. The fourth-order valence-electron chi connectivity index (χ4n) is 1.73. The zero-order chi connectivity index (χ0) is 14.1. The number of halogens is 7. The maximum atomic E-state index is 12.8. The second-order valence-corrected chi connectivity index (χ2v) is 4.17. The van der Waals surface area contributed by atoms with Crippen LogP contribution < -0.4 is 0 Å². The van der Waals surface area contributed by atoms with Crippen molar-refractivity contribution in [3.8, 4) is 0 Å². The molecule has 102 valence electrons. The van der Waals surface area contributed by atoms with Crippen LogP contribution in [-0.2, 0) is 24.1 Å². The first-order valence-corrected chi connectivity index (χ1v) is 6.10. The Hall–Kier alpha value is -0.720. The quantitative estimate of drug-likeness (QED) is 0.516. The monoisotopic (exact) mass is 334 g/mol. The Balaban J connectivity index is 3.66.